The molecule has 7 heteroatoms. The maximum atomic E-state index is 13.1. The number of ether oxygens (including phenoxy) is 1. The molecule has 170 valence electrons. The average molecular weight is 437 g/mol. The lowest BCUT2D eigenvalue weighted by molar-refractivity contribution is -0.139. The van der Waals surface area contributed by atoms with Gasteiger partial charge in [-0.2, -0.15) is 0 Å². The molecule has 1 saturated carbocycles. The number of carbonyl (C=O) groups excluding carboxylic acids is 2. The van der Waals surface area contributed by atoms with Gasteiger partial charge in [0.05, 0.1) is 24.4 Å². The number of aromatic nitrogens is 2. The van der Waals surface area contributed by atoms with Gasteiger partial charge in [-0.3, -0.25) is 9.59 Å². The third-order valence-electron chi connectivity index (χ3n) is 6.62. The number of carbonyl (C=O) groups is 2. The molecule has 4 rings (SSSR count). The summed E-state index contributed by atoms with van der Waals surface area (Å²) >= 11 is 0. The number of rotatable bonds is 6. The van der Waals surface area contributed by atoms with Gasteiger partial charge in [0.15, 0.2) is 5.82 Å². The summed E-state index contributed by atoms with van der Waals surface area (Å²) < 4.78 is 5.23. The molecule has 7 nitrogen and oxygen atoms in total. The second kappa shape index (κ2) is 10.1. The summed E-state index contributed by atoms with van der Waals surface area (Å²) in [4.78, 5) is 37.1. The summed E-state index contributed by atoms with van der Waals surface area (Å²) in [6, 6.07) is 7.50. The second-order valence-corrected chi connectivity index (χ2v) is 8.79. The zero-order chi connectivity index (χ0) is 22.5. The van der Waals surface area contributed by atoms with Crippen LogP contribution in [0.5, 0.6) is 5.75 Å². The summed E-state index contributed by atoms with van der Waals surface area (Å²) in [5.41, 5.74) is 2.05. The first kappa shape index (κ1) is 22.2. The standard InChI is InChI=1S/C25H32N4O3/c1-17-21(24(30)27-15-18-8-7-11-20(14-18)32-2)16-26-23(28-17)22-12-5-6-13-29(22)25(31)19-9-3-4-10-19/h7-8,11,14,16,19,22H,3-6,9-10,12-13,15H2,1-2H3,(H,27,30)/t22-/m0/s1. The van der Waals surface area contributed by atoms with Crippen LogP contribution in [-0.4, -0.2) is 40.3 Å². The first-order valence-corrected chi connectivity index (χ1v) is 11.6. The van der Waals surface area contributed by atoms with E-state index in [0.717, 1.165) is 62.8 Å². The lowest BCUT2D eigenvalue weighted by atomic mass is 9.97. The molecule has 1 aromatic heterocycles. The highest BCUT2D eigenvalue weighted by Crippen LogP contribution is 2.34. The number of nitrogens with one attached hydrogen (secondary N) is 1. The molecule has 1 aromatic carbocycles. The van der Waals surface area contributed by atoms with E-state index in [1.54, 1.807) is 13.3 Å². The van der Waals surface area contributed by atoms with E-state index in [-0.39, 0.29) is 23.8 Å². The van der Waals surface area contributed by atoms with Crippen LogP contribution in [0.1, 0.15) is 78.4 Å². The Balaban J connectivity index is 1.45. The minimum absolute atomic E-state index is 0.0931. The fourth-order valence-electron chi connectivity index (χ4n) is 4.80. The van der Waals surface area contributed by atoms with E-state index in [4.69, 9.17) is 4.74 Å². The quantitative estimate of drug-likeness (QED) is 0.741. The van der Waals surface area contributed by atoms with Gasteiger partial charge in [0.25, 0.3) is 5.91 Å². The summed E-state index contributed by atoms with van der Waals surface area (Å²) in [5.74, 6) is 1.61. The van der Waals surface area contributed by atoms with Crippen molar-refractivity contribution in [1.82, 2.24) is 20.2 Å². The van der Waals surface area contributed by atoms with Crippen molar-refractivity contribution < 1.29 is 14.3 Å². The van der Waals surface area contributed by atoms with E-state index in [1.165, 1.54) is 0 Å². The largest absolute Gasteiger partial charge is 0.497 e. The number of hydrogen-bond donors (Lipinski definition) is 1. The van der Waals surface area contributed by atoms with Gasteiger partial charge in [-0.15, -0.1) is 0 Å². The first-order chi connectivity index (χ1) is 15.6. The van der Waals surface area contributed by atoms with Crippen LogP contribution < -0.4 is 10.1 Å². The lowest BCUT2D eigenvalue weighted by Gasteiger charge is -2.36. The van der Waals surface area contributed by atoms with Gasteiger partial charge >= 0.3 is 0 Å². The van der Waals surface area contributed by atoms with Crippen molar-refractivity contribution in [2.45, 2.75) is 64.5 Å². The van der Waals surface area contributed by atoms with Crippen LogP contribution in [0.15, 0.2) is 30.5 Å². The first-order valence-electron chi connectivity index (χ1n) is 11.6. The highest BCUT2D eigenvalue weighted by Gasteiger charge is 2.35. The highest BCUT2D eigenvalue weighted by molar-refractivity contribution is 5.94. The van der Waals surface area contributed by atoms with E-state index < -0.39 is 0 Å². The van der Waals surface area contributed by atoms with Gasteiger partial charge in [-0.25, -0.2) is 9.97 Å². The number of nitrogens with zero attached hydrogens (tertiary/aromatic N) is 3. The van der Waals surface area contributed by atoms with Crippen LogP contribution in [0.3, 0.4) is 0 Å². The predicted octanol–water partition coefficient (Wildman–Crippen LogP) is 3.97. The Morgan fingerprint density at radius 1 is 1.16 bits per heavy atom. The third-order valence-corrected chi connectivity index (χ3v) is 6.62. The van der Waals surface area contributed by atoms with E-state index in [0.29, 0.717) is 23.6 Å². The maximum absolute atomic E-state index is 13.1. The predicted molar refractivity (Wildman–Crippen MR) is 121 cm³/mol. The van der Waals surface area contributed by atoms with Crippen LogP contribution in [0.2, 0.25) is 0 Å². The molecule has 0 unspecified atom stereocenters. The molecule has 1 N–H and O–H groups in total. The molecule has 1 aliphatic heterocycles. The van der Waals surface area contributed by atoms with Gasteiger partial charge in [-0.05, 0) is 56.7 Å². The van der Waals surface area contributed by atoms with Gasteiger partial charge in [-0.1, -0.05) is 25.0 Å². The molecular weight excluding hydrogens is 404 g/mol. The number of likely N-dealkylation sites (tertiary alicyclic amines) is 1. The Kier molecular flexibility index (Phi) is 7.02. The molecule has 2 aliphatic rings. The molecule has 2 aromatic rings. The molecule has 0 spiro atoms. The minimum Gasteiger partial charge on any atom is -0.497 e. The summed E-state index contributed by atoms with van der Waals surface area (Å²) in [6.07, 6.45) is 8.84. The Hall–Kier alpha value is -2.96. The molecule has 1 atom stereocenters. The van der Waals surface area contributed by atoms with Crippen LogP contribution in [0, 0.1) is 12.8 Å². The minimum atomic E-state index is -0.209. The fourth-order valence-corrected chi connectivity index (χ4v) is 4.80. The van der Waals surface area contributed by atoms with Gasteiger partial charge in [0.1, 0.15) is 5.75 Å². The molecule has 1 saturated heterocycles. The average Bonchev–Trinajstić information content (AvgIpc) is 3.37. The van der Waals surface area contributed by atoms with E-state index in [2.05, 4.69) is 15.3 Å². The number of benzene rings is 1. The van der Waals surface area contributed by atoms with Gasteiger partial charge in [0, 0.05) is 25.2 Å². The summed E-state index contributed by atoms with van der Waals surface area (Å²) in [5, 5.41) is 2.93. The molecular formula is C25H32N4O3. The molecule has 1 aliphatic carbocycles. The van der Waals surface area contributed by atoms with Crippen molar-refractivity contribution in [3.05, 3.63) is 53.1 Å². The van der Waals surface area contributed by atoms with Crippen molar-refractivity contribution in [3.8, 4) is 5.75 Å². The number of aryl methyl sites for hydroxylation is 1. The Bertz CT molecular complexity index is 971. The number of amides is 2. The summed E-state index contributed by atoms with van der Waals surface area (Å²) in [6.45, 7) is 2.99. The van der Waals surface area contributed by atoms with Gasteiger partial charge in [0.2, 0.25) is 5.91 Å². The van der Waals surface area contributed by atoms with Crippen LogP contribution >= 0.6 is 0 Å². The SMILES string of the molecule is COc1cccc(CNC(=O)c2cnc([C@@H]3CCCCN3C(=O)C3CCCC3)nc2C)c1. The Morgan fingerprint density at radius 3 is 2.69 bits per heavy atom. The van der Waals surface area contributed by atoms with Crippen LogP contribution in [0.25, 0.3) is 0 Å². The number of piperidine rings is 1. The van der Waals surface area contributed by atoms with Gasteiger partial charge < -0.3 is 15.0 Å². The monoisotopic (exact) mass is 436 g/mol. The second-order valence-electron chi connectivity index (χ2n) is 8.79. The van der Waals surface area contributed by atoms with Crippen molar-refractivity contribution in [3.63, 3.8) is 0 Å². The molecule has 0 bridgehead atoms. The van der Waals surface area contributed by atoms with Crippen molar-refractivity contribution in [2.75, 3.05) is 13.7 Å². The zero-order valence-electron chi connectivity index (χ0n) is 19.0. The Morgan fingerprint density at radius 2 is 1.94 bits per heavy atom. The van der Waals surface area contributed by atoms with E-state index in [1.807, 2.05) is 36.1 Å². The molecule has 2 amide bonds. The Labute approximate surface area is 189 Å². The van der Waals surface area contributed by atoms with Crippen molar-refractivity contribution in [2.24, 2.45) is 5.92 Å². The van der Waals surface area contributed by atoms with Crippen molar-refractivity contribution >= 4 is 11.8 Å². The number of methoxy groups -OCH3 is 1. The van der Waals surface area contributed by atoms with Crippen molar-refractivity contribution in [1.29, 1.82) is 0 Å². The van der Waals surface area contributed by atoms with E-state index in [9.17, 15) is 9.59 Å². The highest BCUT2D eigenvalue weighted by atomic mass is 16.5. The normalized spacial score (nSPS) is 19.1. The zero-order valence-corrected chi connectivity index (χ0v) is 19.0. The lowest BCUT2D eigenvalue weighted by Crippen LogP contribution is -2.42. The summed E-state index contributed by atoms with van der Waals surface area (Å²) in [7, 11) is 1.62. The molecule has 2 fully saturated rings. The molecule has 0 radical (unpaired) electrons. The molecule has 2 heterocycles. The van der Waals surface area contributed by atoms with Crippen LogP contribution in [0.4, 0.5) is 0 Å². The topological polar surface area (TPSA) is 84.4 Å². The fraction of sp³-hybridized carbons (Fsp3) is 0.520. The van der Waals surface area contributed by atoms with E-state index >= 15 is 0 Å². The third kappa shape index (κ3) is 4.92. The number of hydrogen-bond acceptors (Lipinski definition) is 5. The van der Waals surface area contributed by atoms with Crippen LogP contribution in [-0.2, 0) is 11.3 Å². The maximum Gasteiger partial charge on any atom is 0.254 e. The smallest absolute Gasteiger partial charge is 0.254 e. The molecule has 32 heavy (non-hydrogen) atoms.